The predicted molar refractivity (Wildman–Crippen MR) is 119 cm³/mol. The first-order valence-electron chi connectivity index (χ1n) is 9.67. The number of rotatable bonds is 10. The van der Waals surface area contributed by atoms with E-state index in [9.17, 15) is 15.1 Å². The van der Waals surface area contributed by atoms with E-state index < -0.39 is 12.1 Å². The van der Waals surface area contributed by atoms with Crippen LogP contribution in [-0.2, 0) is 11.4 Å². The maximum Gasteiger partial charge on any atom is 0.303 e. The molecule has 0 aliphatic rings. The van der Waals surface area contributed by atoms with Crippen LogP contribution in [0.25, 0.3) is 0 Å². The minimum absolute atomic E-state index is 0.0632. The predicted octanol–water partition coefficient (Wildman–Crippen LogP) is 4.71. The first-order valence-corrected chi connectivity index (χ1v) is 10.6. The highest BCUT2D eigenvalue weighted by Crippen LogP contribution is 2.33. The SMILES string of the molecule is Cc1ccccc1[C@H](CCC(=O)O)Oc1cc(OCc2ccsc2)ccc1C(N)=NO. The number of ether oxygens (including phenoxy) is 2. The quantitative estimate of drug-likeness (QED) is 0.182. The van der Waals surface area contributed by atoms with Crippen LogP contribution in [0.3, 0.4) is 0 Å². The maximum absolute atomic E-state index is 11.2. The number of nitrogens with two attached hydrogens (primary N) is 1. The first kappa shape index (κ1) is 22.2. The molecule has 162 valence electrons. The summed E-state index contributed by atoms with van der Waals surface area (Å²) >= 11 is 1.59. The molecule has 1 heterocycles. The van der Waals surface area contributed by atoms with Crippen molar-refractivity contribution in [3.8, 4) is 11.5 Å². The van der Waals surface area contributed by atoms with Gasteiger partial charge in [-0.3, -0.25) is 4.79 Å². The zero-order valence-electron chi connectivity index (χ0n) is 17.0. The van der Waals surface area contributed by atoms with Crippen molar-refractivity contribution in [2.24, 2.45) is 10.9 Å². The smallest absolute Gasteiger partial charge is 0.303 e. The molecule has 0 fully saturated rings. The van der Waals surface area contributed by atoms with Crippen molar-refractivity contribution < 1.29 is 24.6 Å². The van der Waals surface area contributed by atoms with Gasteiger partial charge in [0.2, 0.25) is 0 Å². The molecule has 0 saturated carbocycles. The molecular formula is C23H24N2O5S. The lowest BCUT2D eigenvalue weighted by Gasteiger charge is -2.23. The van der Waals surface area contributed by atoms with Crippen molar-refractivity contribution >= 4 is 23.1 Å². The molecule has 0 amide bonds. The third-order valence-electron chi connectivity index (χ3n) is 4.75. The van der Waals surface area contributed by atoms with Gasteiger partial charge in [-0.25, -0.2) is 0 Å². The number of amidine groups is 1. The third kappa shape index (κ3) is 5.99. The monoisotopic (exact) mass is 440 g/mol. The Labute approximate surface area is 184 Å². The summed E-state index contributed by atoms with van der Waals surface area (Å²) in [5.74, 6) is -0.123. The van der Waals surface area contributed by atoms with Crippen LogP contribution in [-0.4, -0.2) is 22.1 Å². The molecule has 1 atom stereocenters. The number of benzene rings is 2. The van der Waals surface area contributed by atoms with Crippen molar-refractivity contribution in [2.75, 3.05) is 0 Å². The van der Waals surface area contributed by atoms with E-state index in [4.69, 9.17) is 15.2 Å². The standard InChI is InChI=1S/C23H24N2O5S/c1-15-4-2-3-5-18(15)20(8-9-22(26)27)30-21-12-17(6-7-19(21)23(24)25-28)29-13-16-10-11-31-14-16/h2-7,10-12,14,20,28H,8-9,13H2,1H3,(H2,24,25)(H,26,27)/t20-/m0/s1. The number of hydrogen-bond acceptors (Lipinski definition) is 6. The number of nitrogens with zero attached hydrogens (tertiary/aromatic N) is 1. The minimum Gasteiger partial charge on any atom is -0.489 e. The molecule has 0 radical (unpaired) electrons. The number of oxime groups is 1. The molecule has 1 aromatic heterocycles. The van der Waals surface area contributed by atoms with Crippen molar-refractivity contribution in [2.45, 2.75) is 32.5 Å². The summed E-state index contributed by atoms with van der Waals surface area (Å²) < 4.78 is 12.1. The first-order chi connectivity index (χ1) is 15.0. The van der Waals surface area contributed by atoms with E-state index in [1.165, 1.54) is 0 Å². The van der Waals surface area contributed by atoms with Crippen LogP contribution < -0.4 is 15.2 Å². The van der Waals surface area contributed by atoms with E-state index in [1.807, 2.05) is 48.0 Å². The maximum atomic E-state index is 11.2. The fourth-order valence-corrected chi connectivity index (χ4v) is 3.78. The molecule has 2 aromatic carbocycles. The number of hydrogen-bond donors (Lipinski definition) is 3. The van der Waals surface area contributed by atoms with Crippen LogP contribution >= 0.6 is 11.3 Å². The van der Waals surface area contributed by atoms with Gasteiger partial charge in [-0.1, -0.05) is 29.4 Å². The van der Waals surface area contributed by atoms with Crippen LogP contribution in [0.4, 0.5) is 0 Å². The summed E-state index contributed by atoms with van der Waals surface area (Å²) in [5, 5.41) is 25.4. The average molecular weight is 441 g/mol. The van der Waals surface area contributed by atoms with Crippen LogP contribution in [0, 0.1) is 6.92 Å². The summed E-state index contributed by atoms with van der Waals surface area (Å²) in [6, 6.07) is 14.7. The third-order valence-corrected chi connectivity index (χ3v) is 5.48. The number of carbonyl (C=O) groups is 1. The summed E-state index contributed by atoms with van der Waals surface area (Å²) in [6.45, 7) is 2.34. The number of aryl methyl sites for hydroxylation is 1. The molecule has 0 saturated heterocycles. The lowest BCUT2D eigenvalue weighted by molar-refractivity contribution is -0.137. The van der Waals surface area contributed by atoms with Crippen LogP contribution in [0.15, 0.2) is 64.4 Å². The lowest BCUT2D eigenvalue weighted by Crippen LogP contribution is -2.17. The zero-order valence-corrected chi connectivity index (χ0v) is 17.8. The van der Waals surface area contributed by atoms with Crippen molar-refractivity contribution in [1.29, 1.82) is 0 Å². The Bertz CT molecular complexity index is 1050. The van der Waals surface area contributed by atoms with Gasteiger partial charge in [0.25, 0.3) is 0 Å². The zero-order chi connectivity index (χ0) is 22.2. The molecule has 3 rings (SSSR count). The van der Waals surface area contributed by atoms with Gasteiger partial charge in [0.1, 0.15) is 24.2 Å². The van der Waals surface area contributed by atoms with E-state index in [-0.39, 0.29) is 18.7 Å². The van der Waals surface area contributed by atoms with Gasteiger partial charge in [-0.15, -0.1) is 0 Å². The highest BCUT2D eigenvalue weighted by molar-refractivity contribution is 7.07. The Kier molecular flexibility index (Phi) is 7.50. The van der Waals surface area contributed by atoms with Crippen molar-refractivity contribution in [3.05, 3.63) is 81.5 Å². The van der Waals surface area contributed by atoms with Crippen LogP contribution in [0.1, 0.15) is 41.2 Å². The minimum atomic E-state index is -0.910. The highest BCUT2D eigenvalue weighted by Gasteiger charge is 2.20. The Morgan fingerprint density at radius 3 is 2.71 bits per heavy atom. The van der Waals surface area contributed by atoms with Crippen LogP contribution in [0.2, 0.25) is 0 Å². The summed E-state index contributed by atoms with van der Waals surface area (Å²) in [5.41, 5.74) is 9.14. The number of thiophene rings is 1. The Balaban J connectivity index is 1.92. The summed E-state index contributed by atoms with van der Waals surface area (Å²) in [6.07, 6.45) is -0.336. The number of carboxylic acids is 1. The van der Waals surface area contributed by atoms with Gasteiger partial charge in [-0.05, 0) is 59.0 Å². The van der Waals surface area contributed by atoms with Crippen molar-refractivity contribution in [1.82, 2.24) is 0 Å². The van der Waals surface area contributed by atoms with Gasteiger partial charge >= 0.3 is 5.97 Å². The molecule has 8 heteroatoms. The van der Waals surface area contributed by atoms with Gasteiger partial charge < -0.3 is 25.5 Å². The second kappa shape index (κ2) is 10.5. The summed E-state index contributed by atoms with van der Waals surface area (Å²) in [4.78, 5) is 11.2. The molecule has 0 spiro atoms. The number of aliphatic carboxylic acids is 1. The Morgan fingerprint density at radius 2 is 2.03 bits per heavy atom. The van der Waals surface area contributed by atoms with Gasteiger partial charge in [0.05, 0.1) is 5.56 Å². The van der Waals surface area contributed by atoms with E-state index in [1.54, 1.807) is 29.5 Å². The lowest BCUT2D eigenvalue weighted by atomic mass is 9.99. The second-order valence-electron chi connectivity index (χ2n) is 6.96. The highest BCUT2D eigenvalue weighted by atomic mass is 32.1. The molecule has 0 unspecified atom stereocenters. The van der Waals surface area contributed by atoms with Gasteiger partial charge in [0, 0.05) is 12.5 Å². The Hall–Kier alpha value is -3.52. The second-order valence-corrected chi connectivity index (χ2v) is 7.74. The number of carboxylic acid groups (broad SMARTS) is 1. The normalized spacial score (nSPS) is 12.4. The van der Waals surface area contributed by atoms with Gasteiger partial charge in [-0.2, -0.15) is 11.3 Å². The molecule has 0 aliphatic heterocycles. The van der Waals surface area contributed by atoms with Gasteiger partial charge in [0.15, 0.2) is 5.84 Å². The molecule has 0 bridgehead atoms. The van der Waals surface area contributed by atoms with E-state index >= 15 is 0 Å². The Morgan fingerprint density at radius 1 is 1.23 bits per heavy atom. The molecular weight excluding hydrogens is 416 g/mol. The molecule has 3 aromatic rings. The fraction of sp³-hybridized carbons (Fsp3) is 0.217. The molecule has 7 nitrogen and oxygen atoms in total. The molecule has 31 heavy (non-hydrogen) atoms. The molecule has 4 N–H and O–H groups in total. The largest absolute Gasteiger partial charge is 0.489 e. The summed E-state index contributed by atoms with van der Waals surface area (Å²) in [7, 11) is 0. The average Bonchev–Trinajstić information content (AvgIpc) is 3.29. The van der Waals surface area contributed by atoms with Crippen LogP contribution in [0.5, 0.6) is 11.5 Å². The molecule has 0 aliphatic carbocycles. The van der Waals surface area contributed by atoms with E-state index in [0.29, 0.717) is 23.7 Å². The van der Waals surface area contributed by atoms with E-state index in [0.717, 1.165) is 16.7 Å². The fourth-order valence-electron chi connectivity index (χ4n) is 3.13. The van der Waals surface area contributed by atoms with E-state index in [2.05, 4.69) is 5.16 Å². The topological polar surface area (TPSA) is 114 Å². The van der Waals surface area contributed by atoms with Crippen molar-refractivity contribution in [3.63, 3.8) is 0 Å².